The minimum absolute atomic E-state index is 0.0396. The molecule has 0 heterocycles. The predicted octanol–water partition coefficient (Wildman–Crippen LogP) is 0.788. The summed E-state index contributed by atoms with van der Waals surface area (Å²) in [4.78, 5) is 22.9. The highest BCUT2D eigenvalue weighted by Crippen LogP contribution is 2.26. The van der Waals surface area contributed by atoms with Crippen molar-refractivity contribution in [3.63, 3.8) is 0 Å². The summed E-state index contributed by atoms with van der Waals surface area (Å²) in [7, 11) is 0. The van der Waals surface area contributed by atoms with Crippen LogP contribution in [0.5, 0.6) is 0 Å². The number of carbonyl (C=O) groups excluding carboxylic acids is 2. The zero-order chi connectivity index (χ0) is 14.3. The van der Waals surface area contributed by atoms with E-state index in [1.54, 1.807) is 13.8 Å². The van der Waals surface area contributed by atoms with Gasteiger partial charge in [-0.05, 0) is 45.4 Å². The monoisotopic (exact) mass is 272 g/mol. The maximum Gasteiger partial charge on any atom is 0.321 e. The van der Waals surface area contributed by atoms with Crippen LogP contribution in [-0.2, 0) is 9.53 Å². The number of amides is 3. The fourth-order valence-corrected chi connectivity index (χ4v) is 2.22. The zero-order valence-corrected chi connectivity index (χ0v) is 11.6. The number of carbonyl (C=O) groups is 2. The van der Waals surface area contributed by atoms with Crippen LogP contribution in [-0.4, -0.2) is 42.4 Å². The lowest BCUT2D eigenvalue weighted by Gasteiger charge is -2.29. The van der Waals surface area contributed by atoms with Gasteiger partial charge in [0.15, 0.2) is 0 Å². The van der Waals surface area contributed by atoms with Gasteiger partial charge in [-0.3, -0.25) is 10.1 Å². The first-order valence-corrected chi connectivity index (χ1v) is 6.91. The first kappa shape index (κ1) is 15.9. The van der Waals surface area contributed by atoms with Crippen LogP contribution < -0.4 is 10.6 Å². The van der Waals surface area contributed by atoms with E-state index in [9.17, 15) is 9.59 Å². The molecule has 0 aromatic carbocycles. The quantitative estimate of drug-likeness (QED) is 0.690. The molecule has 0 saturated heterocycles. The van der Waals surface area contributed by atoms with Gasteiger partial charge in [0.25, 0.3) is 5.91 Å². The predicted molar refractivity (Wildman–Crippen MR) is 70.6 cm³/mol. The van der Waals surface area contributed by atoms with E-state index in [4.69, 9.17) is 9.84 Å². The Kier molecular flexibility index (Phi) is 6.80. The Hall–Kier alpha value is -1.14. The summed E-state index contributed by atoms with van der Waals surface area (Å²) in [6, 6.07) is -0.494. The van der Waals surface area contributed by atoms with Crippen LogP contribution in [0.1, 0.15) is 39.5 Å². The molecule has 6 heteroatoms. The maximum absolute atomic E-state index is 11.7. The summed E-state index contributed by atoms with van der Waals surface area (Å²) in [6.07, 6.45) is 2.95. The summed E-state index contributed by atoms with van der Waals surface area (Å²) >= 11 is 0. The van der Waals surface area contributed by atoms with Gasteiger partial charge in [0.05, 0.1) is 6.10 Å². The molecule has 0 aromatic rings. The first-order valence-electron chi connectivity index (χ1n) is 6.91. The minimum atomic E-state index is -0.640. The second kappa shape index (κ2) is 8.12. The first-order chi connectivity index (χ1) is 9.06. The van der Waals surface area contributed by atoms with Crippen LogP contribution in [0.3, 0.4) is 0 Å². The van der Waals surface area contributed by atoms with Crippen LogP contribution in [0.4, 0.5) is 4.79 Å². The Morgan fingerprint density at radius 1 is 1.32 bits per heavy atom. The Balaban J connectivity index is 2.28. The smallest absolute Gasteiger partial charge is 0.321 e. The van der Waals surface area contributed by atoms with Crippen molar-refractivity contribution < 1.29 is 19.4 Å². The third kappa shape index (κ3) is 5.57. The molecule has 3 N–H and O–H groups in total. The number of nitrogens with one attached hydrogen (secondary N) is 2. The molecular weight excluding hydrogens is 248 g/mol. The Morgan fingerprint density at radius 3 is 2.47 bits per heavy atom. The van der Waals surface area contributed by atoms with Crippen molar-refractivity contribution in [1.82, 2.24) is 10.6 Å². The highest BCUT2D eigenvalue weighted by atomic mass is 16.5. The fraction of sp³-hybridized carbons (Fsp3) is 0.846. The van der Waals surface area contributed by atoms with Crippen LogP contribution in [0.2, 0.25) is 0 Å². The van der Waals surface area contributed by atoms with E-state index in [1.165, 1.54) is 0 Å². The minimum Gasteiger partial charge on any atom is -0.396 e. The van der Waals surface area contributed by atoms with E-state index in [-0.39, 0.29) is 12.7 Å². The molecule has 110 valence electrons. The number of imide groups is 1. The summed E-state index contributed by atoms with van der Waals surface area (Å²) < 4.78 is 5.65. The Bertz CT molecular complexity index is 301. The van der Waals surface area contributed by atoms with E-state index in [1.807, 2.05) is 0 Å². The lowest BCUT2D eigenvalue weighted by molar-refractivity contribution is -0.135. The van der Waals surface area contributed by atoms with E-state index in [2.05, 4.69) is 10.6 Å². The van der Waals surface area contributed by atoms with E-state index in [0.29, 0.717) is 12.5 Å². The molecule has 6 nitrogen and oxygen atoms in total. The standard InChI is InChI=1S/C13H24N2O4/c1-3-14-13(18)15-12(17)9(2)19-11-6-4-10(8-16)5-7-11/h9-11,16H,3-8H2,1-2H3,(H2,14,15,17,18). The molecule has 0 spiro atoms. The van der Waals surface area contributed by atoms with E-state index in [0.717, 1.165) is 25.7 Å². The third-order valence-electron chi connectivity index (χ3n) is 3.39. The highest BCUT2D eigenvalue weighted by molar-refractivity contribution is 5.96. The molecule has 0 aliphatic heterocycles. The van der Waals surface area contributed by atoms with Crippen LogP contribution >= 0.6 is 0 Å². The summed E-state index contributed by atoms with van der Waals surface area (Å²) in [6.45, 7) is 4.12. The molecule has 19 heavy (non-hydrogen) atoms. The molecule has 1 aliphatic carbocycles. The van der Waals surface area contributed by atoms with Crippen molar-refractivity contribution in [2.75, 3.05) is 13.2 Å². The van der Waals surface area contributed by atoms with Crippen LogP contribution in [0.25, 0.3) is 0 Å². The summed E-state index contributed by atoms with van der Waals surface area (Å²) in [5, 5.41) is 13.8. The highest BCUT2D eigenvalue weighted by Gasteiger charge is 2.25. The molecule has 1 fully saturated rings. The number of aliphatic hydroxyl groups excluding tert-OH is 1. The van der Waals surface area contributed by atoms with Crippen molar-refractivity contribution in [2.24, 2.45) is 5.92 Å². The van der Waals surface area contributed by atoms with E-state index < -0.39 is 18.0 Å². The van der Waals surface area contributed by atoms with Crippen molar-refractivity contribution >= 4 is 11.9 Å². The van der Waals surface area contributed by atoms with Gasteiger partial charge in [-0.1, -0.05) is 0 Å². The van der Waals surface area contributed by atoms with Gasteiger partial charge in [-0.15, -0.1) is 0 Å². The second-order valence-electron chi connectivity index (χ2n) is 4.95. The molecular formula is C13H24N2O4. The van der Waals surface area contributed by atoms with Gasteiger partial charge < -0.3 is 15.2 Å². The van der Waals surface area contributed by atoms with Gasteiger partial charge in [-0.25, -0.2) is 4.79 Å². The normalized spacial score (nSPS) is 24.6. The van der Waals surface area contributed by atoms with Gasteiger partial charge in [0, 0.05) is 13.2 Å². The molecule has 0 radical (unpaired) electrons. The van der Waals surface area contributed by atoms with Crippen molar-refractivity contribution in [3.8, 4) is 0 Å². The number of hydrogen-bond acceptors (Lipinski definition) is 4. The second-order valence-corrected chi connectivity index (χ2v) is 4.95. The van der Waals surface area contributed by atoms with Crippen molar-refractivity contribution in [2.45, 2.75) is 51.7 Å². The lowest BCUT2D eigenvalue weighted by atomic mass is 9.88. The fourth-order valence-electron chi connectivity index (χ4n) is 2.22. The summed E-state index contributed by atoms with van der Waals surface area (Å²) in [5.41, 5.74) is 0. The number of urea groups is 1. The Labute approximate surface area is 113 Å². The van der Waals surface area contributed by atoms with Gasteiger partial charge >= 0.3 is 6.03 Å². The molecule has 1 saturated carbocycles. The number of ether oxygens (including phenoxy) is 1. The molecule has 1 atom stereocenters. The zero-order valence-electron chi connectivity index (χ0n) is 11.6. The molecule has 1 unspecified atom stereocenters. The van der Waals surface area contributed by atoms with Crippen molar-refractivity contribution in [3.05, 3.63) is 0 Å². The molecule has 1 rings (SSSR count). The lowest BCUT2D eigenvalue weighted by Crippen LogP contribution is -2.45. The molecule has 0 aromatic heterocycles. The van der Waals surface area contributed by atoms with Crippen LogP contribution in [0.15, 0.2) is 0 Å². The van der Waals surface area contributed by atoms with Crippen molar-refractivity contribution in [1.29, 1.82) is 0 Å². The SMILES string of the molecule is CCNC(=O)NC(=O)C(C)OC1CCC(CO)CC1. The summed E-state index contributed by atoms with van der Waals surface area (Å²) in [5.74, 6) is -0.0606. The van der Waals surface area contributed by atoms with Crippen LogP contribution in [0, 0.1) is 5.92 Å². The third-order valence-corrected chi connectivity index (χ3v) is 3.39. The number of hydrogen-bond donors (Lipinski definition) is 3. The van der Waals surface area contributed by atoms with E-state index >= 15 is 0 Å². The number of rotatable bonds is 5. The maximum atomic E-state index is 11.7. The number of aliphatic hydroxyl groups is 1. The van der Waals surface area contributed by atoms with Gasteiger partial charge in [0.1, 0.15) is 6.10 Å². The Morgan fingerprint density at radius 2 is 1.95 bits per heavy atom. The topological polar surface area (TPSA) is 87.7 Å². The molecule has 1 aliphatic rings. The van der Waals surface area contributed by atoms with Gasteiger partial charge in [-0.2, -0.15) is 0 Å². The molecule has 3 amide bonds. The largest absolute Gasteiger partial charge is 0.396 e. The van der Waals surface area contributed by atoms with Gasteiger partial charge in [0.2, 0.25) is 0 Å². The average Bonchev–Trinajstić information content (AvgIpc) is 2.39. The average molecular weight is 272 g/mol. The molecule has 0 bridgehead atoms.